The van der Waals surface area contributed by atoms with Gasteiger partial charge in [0.2, 0.25) is 0 Å². The molecule has 0 fully saturated rings. The van der Waals surface area contributed by atoms with Crippen LogP contribution in [0.25, 0.3) is 0 Å². The first-order valence-electron chi connectivity index (χ1n) is 6.12. The van der Waals surface area contributed by atoms with E-state index in [1.165, 1.54) is 0 Å². The summed E-state index contributed by atoms with van der Waals surface area (Å²) in [5.74, 6) is 0. The minimum atomic E-state index is 0.762. The quantitative estimate of drug-likeness (QED) is 0.622. The molecule has 2 aromatic carbocycles. The average molecular weight is 254 g/mol. The van der Waals surface area contributed by atoms with Gasteiger partial charge < -0.3 is 11.5 Å². The molecule has 4 N–H and O–H groups in total. The number of aryl methyl sites for hydroxylation is 3. The minimum absolute atomic E-state index is 0.762. The lowest BCUT2D eigenvalue weighted by Gasteiger charge is -2.05. The lowest BCUT2D eigenvalue weighted by atomic mass is 10.1. The van der Waals surface area contributed by atoms with Crippen LogP contribution in [0.2, 0.25) is 0 Å². The first-order chi connectivity index (χ1) is 8.97. The maximum absolute atomic E-state index is 5.85. The van der Waals surface area contributed by atoms with Crippen LogP contribution in [0, 0.1) is 20.8 Å². The van der Waals surface area contributed by atoms with Crippen molar-refractivity contribution in [2.45, 2.75) is 20.8 Å². The van der Waals surface area contributed by atoms with Gasteiger partial charge in [0.05, 0.1) is 11.4 Å². The molecule has 0 bridgehead atoms. The Balaban J connectivity index is 2.32. The molecule has 0 aliphatic carbocycles. The molecule has 0 aliphatic rings. The third-order valence-corrected chi connectivity index (χ3v) is 3.11. The molecule has 0 spiro atoms. The van der Waals surface area contributed by atoms with Crippen LogP contribution in [0.15, 0.2) is 40.6 Å². The molecule has 4 nitrogen and oxygen atoms in total. The largest absolute Gasteiger partial charge is 0.399 e. The highest BCUT2D eigenvalue weighted by Gasteiger charge is 2.01. The van der Waals surface area contributed by atoms with E-state index in [0.29, 0.717) is 0 Å². The number of nitrogen functional groups attached to an aromatic ring is 2. The number of hydrogen-bond donors (Lipinski definition) is 2. The van der Waals surface area contributed by atoms with Crippen molar-refractivity contribution < 1.29 is 0 Å². The molecule has 0 aromatic heterocycles. The van der Waals surface area contributed by atoms with E-state index in [9.17, 15) is 0 Å². The fraction of sp³-hybridized carbons (Fsp3) is 0.200. The van der Waals surface area contributed by atoms with Gasteiger partial charge in [-0.05, 0) is 67.8 Å². The maximum Gasteiger partial charge on any atom is 0.0890 e. The van der Waals surface area contributed by atoms with Crippen molar-refractivity contribution in [1.29, 1.82) is 0 Å². The zero-order chi connectivity index (χ0) is 14.0. The molecule has 0 aliphatic heterocycles. The normalized spacial score (nSPS) is 11.1. The summed E-state index contributed by atoms with van der Waals surface area (Å²) in [4.78, 5) is 0. The molecular weight excluding hydrogens is 236 g/mol. The molecule has 0 atom stereocenters. The van der Waals surface area contributed by atoms with Gasteiger partial charge in [0.15, 0.2) is 0 Å². The molecule has 2 aromatic rings. The zero-order valence-corrected chi connectivity index (χ0v) is 11.4. The molecule has 0 amide bonds. The number of rotatable bonds is 2. The topological polar surface area (TPSA) is 76.8 Å². The van der Waals surface area contributed by atoms with E-state index in [2.05, 4.69) is 10.2 Å². The van der Waals surface area contributed by atoms with Crippen molar-refractivity contribution in [2.75, 3.05) is 11.5 Å². The Bertz CT molecular complexity index is 645. The number of hydrogen-bond acceptors (Lipinski definition) is 4. The molecule has 0 radical (unpaired) electrons. The predicted octanol–water partition coefficient (Wildman–Crippen LogP) is 4.19. The van der Waals surface area contributed by atoms with Crippen molar-refractivity contribution in [3.05, 3.63) is 47.0 Å². The number of nitrogens with zero attached hydrogens (tertiary/aromatic N) is 2. The Labute approximate surface area is 113 Å². The van der Waals surface area contributed by atoms with Gasteiger partial charge in [0, 0.05) is 11.4 Å². The van der Waals surface area contributed by atoms with Crippen LogP contribution < -0.4 is 11.5 Å². The molecule has 0 heterocycles. The minimum Gasteiger partial charge on any atom is -0.399 e. The van der Waals surface area contributed by atoms with E-state index >= 15 is 0 Å². The van der Waals surface area contributed by atoms with Gasteiger partial charge >= 0.3 is 0 Å². The van der Waals surface area contributed by atoms with E-state index in [0.717, 1.165) is 39.4 Å². The summed E-state index contributed by atoms with van der Waals surface area (Å²) < 4.78 is 0. The first-order valence-corrected chi connectivity index (χ1v) is 6.12. The predicted molar refractivity (Wildman–Crippen MR) is 80.1 cm³/mol. The molecular formula is C15H18N4. The first kappa shape index (κ1) is 13.1. The Kier molecular flexibility index (Phi) is 3.51. The lowest BCUT2D eigenvalue weighted by Crippen LogP contribution is -1.90. The number of anilines is 2. The number of azo groups is 1. The van der Waals surface area contributed by atoms with Crippen LogP contribution in [0.5, 0.6) is 0 Å². The van der Waals surface area contributed by atoms with Crippen molar-refractivity contribution >= 4 is 22.7 Å². The third-order valence-electron chi connectivity index (χ3n) is 3.11. The highest BCUT2D eigenvalue weighted by atomic mass is 15.1. The van der Waals surface area contributed by atoms with Crippen molar-refractivity contribution in [3.63, 3.8) is 0 Å². The van der Waals surface area contributed by atoms with Crippen molar-refractivity contribution in [1.82, 2.24) is 0 Å². The molecule has 2 rings (SSSR count). The Morgan fingerprint density at radius 2 is 1.42 bits per heavy atom. The number of benzene rings is 2. The van der Waals surface area contributed by atoms with Crippen LogP contribution in [0.4, 0.5) is 22.7 Å². The van der Waals surface area contributed by atoms with Crippen LogP contribution in [-0.4, -0.2) is 0 Å². The number of nitrogens with two attached hydrogens (primary N) is 2. The van der Waals surface area contributed by atoms with Crippen molar-refractivity contribution in [2.24, 2.45) is 10.2 Å². The summed E-state index contributed by atoms with van der Waals surface area (Å²) in [6.07, 6.45) is 0. The Hall–Kier alpha value is -2.36. The molecule has 0 unspecified atom stereocenters. The summed E-state index contributed by atoms with van der Waals surface area (Å²) in [6.45, 7) is 5.88. The zero-order valence-electron chi connectivity index (χ0n) is 11.4. The third kappa shape index (κ3) is 2.91. The fourth-order valence-corrected chi connectivity index (χ4v) is 1.76. The molecule has 0 saturated heterocycles. The van der Waals surface area contributed by atoms with Gasteiger partial charge in [-0.25, -0.2) is 0 Å². The summed E-state index contributed by atoms with van der Waals surface area (Å²) in [5, 5.41) is 8.52. The van der Waals surface area contributed by atoms with E-state index in [-0.39, 0.29) is 0 Å². The fourth-order valence-electron chi connectivity index (χ4n) is 1.76. The SMILES string of the molecule is Cc1cc(N=Nc2cc(C)c(N)cc2C)ccc1N. The van der Waals surface area contributed by atoms with Crippen LogP contribution in [0.3, 0.4) is 0 Å². The van der Waals surface area contributed by atoms with Crippen LogP contribution >= 0.6 is 0 Å². The summed E-state index contributed by atoms with van der Waals surface area (Å²) >= 11 is 0. The second-order valence-corrected chi connectivity index (χ2v) is 4.74. The standard InChI is InChI=1S/C15H18N4/c1-9-6-12(4-5-13(9)16)18-19-15-8-10(2)14(17)7-11(15)3/h4-8H,16-17H2,1-3H3. The monoisotopic (exact) mass is 254 g/mol. The average Bonchev–Trinajstić information content (AvgIpc) is 2.36. The smallest absolute Gasteiger partial charge is 0.0890 e. The molecule has 4 heteroatoms. The molecule has 0 saturated carbocycles. The van der Waals surface area contributed by atoms with Crippen LogP contribution in [-0.2, 0) is 0 Å². The highest BCUT2D eigenvalue weighted by molar-refractivity contribution is 5.59. The highest BCUT2D eigenvalue weighted by Crippen LogP contribution is 2.27. The second kappa shape index (κ2) is 5.10. The lowest BCUT2D eigenvalue weighted by molar-refractivity contribution is 1.20. The second-order valence-electron chi connectivity index (χ2n) is 4.74. The van der Waals surface area contributed by atoms with Gasteiger partial charge in [-0.1, -0.05) is 0 Å². The van der Waals surface area contributed by atoms with Gasteiger partial charge in [0.25, 0.3) is 0 Å². The summed E-state index contributed by atoms with van der Waals surface area (Å²) in [5.41, 5.74) is 17.8. The molecule has 98 valence electrons. The van der Waals surface area contributed by atoms with E-state index in [1.54, 1.807) is 0 Å². The van der Waals surface area contributed by atoms with Gasteiger partial charge in [0.1, 0.15) is 0 Å². The molecule has 19 heavy (non-hydrogen) atoms. The van der Waals surface area contributed by atoms with Crippen molar-refractivity contribution in [3.8, 4) is 0 Å². The Morgan fingerprint density at radius 1 is 0.737 bits per heavy atom. The van der Waals surface area contributed by atoms with E-state index < -0.39 is 0 Å². The summed E-state index contributed by atoms with van der Waals surface area (Å²) in [6, 6.07) is 9.46. The van der Waals surface area contributed by atoms with Gasteiger partial charge in [-0.2, -0.15) is 10.2 Å². The Morgan fingerprint density at radius 3 is 2.11 bits per heavy atom. The van der Waals surface area contributed by atoms with E-state index in [1.807, 2.05) is 51.1 Å². The van der Waals surface area contributed by atoms with Crippen LogP contribution in [0.1, 0.15) is 16.7 Å². The van der Waals surface area contributed by atoms with Gasteiger partial charge in [-0.15, -0.1) is 0 Å². The van der Waals surface area contributed by atoms with Gasteiger partial charge in [-0.3, -0.25) is 0 Å². The maximum atomic E-state index is 5.85. The van der Waals surface area contributed by atoms with E-state index in [4.69, 9.17) is 11.5 Å². The summed E-state index contributed by atoms with van der Waals surface area (Å²) in [7, 11) is 0.